The maximum atomic E-state index is 12.9. The van der Waals surface area contributed by atoms with Crippen molar-refractivity contribution in [1.82, 2.24) is 4.90 Å². The van der Waals surface area contributed by atoms with Gasteiger partial charge in [-0.1, -0.05) is 51.1 Å². The average molecular weight is 355 g/mol. The van der Waals surface area contributed by atoms with Gasteiger partial charge in [0.15, 0.2) is 6.61 Å². The molecule has 0 bridgehead atoms. The SMILES string of the molecule is CN(Cc1ccc(OCC(=O)O)cc1)C(=O)c1ccccc1C(C)(C)C. The van der Waals surface area contributed by atoms with E-state index in [9.17, 15) is 9.59 Å². The molecule has 0 saturated carbocycles. The smallest absolute Gasteiger partial charge is 0.341 e. The lowest BCUT2D eigenvalue weighted by atomic mass is 9.83. The normalized spacial score (nSPS) is 11.1. The van der Waals surface area contributed by atoms with Crippen LogP contribution in [0.4, 0.5) is 0 Å². The number of carbonyl (C=O) groups is 2. The highest BCUT2D eigenvalue weighted by Crippen LogP contribution is 2.26. The van der Waals surface area contributed by atoms with E-state index in [1.54, 1.807) is 24.1 Å². The molecular weight excluding hydrogens is 330 g/mol. The summed E-state index contributed by atoms with van der Waals surface area (Å²) in [4.78, 5) is 25.1. The molecular formula is C21H25NO4. The van der Waals surface area contributed by atoms with Gasteiger partial charge in [-0.2, -0.15) is 0 Å². The second-order valence-corrected chi connectivity index (χ2v) is 7.28. The summed E-state index contributed by atoms with van der Waals surface area (Å²) >= 11 is 0. The fourth-order valence-electron chi connectivity index (χ4n) is 2.71. The third-order valence-electron chi connectivity index (χ3n) is 4.02. The third kappa shape index (κ3) is 5.09. The summed E-state index contributed by atoms with van der Waals surface area (Å²) < 4.78 is 5.12. The number of benzene rings is 2. The van der Waals surface area contributed by atoms with Crippen LogP contribution in [0.5, 0.6) is 5.75 Å². The summed E-state index contributed by atoms with van der Waals surface area (Å²) in [6, 6.07) is 14.8. The van der Waals surface area contributed by atoms with Gasteiger partial charge in [0.05, 0.1) is 0 Å². The van der Waals surface area contributed by atoms with Crippen molar-refractivity contribution in [2.75, 3.05) is 13.7 Å². The van der Waals surface area contributed by atoms with Gasteiger partial charge in [0.25, 0.3) is 5.91 Å². The number of carboxylic acid groups (broad SMARTS) is 1. The molecule has 0 aromatic heterocycles. The first-order valence-electron chi connectivity index (χ1n) is 8.47. The van der Waals surface area contributed by atoms with E-state index in [2.05, 4.69) is 20.8 Å². The maximum absolute atomic E-state index is 12.9. The van der Waals surface area contributed by atoms with Crippen LogP contribution in [0.25, 0.3) is 0 Å². The molecule has 1 amide bonds. The molecule has 138 valence electrons. The highest BCUT2D eigenvalue weighted by atomic mass is 16.5. The zero-order chi connectivity index (χ0) is 19.3. The van der Waals surface area contributed by atoms with E-state index in [-0.39, 0.29) is 17.9 Å². The molecule has 1 N–H and O–H groups in total. The zero-order valence-electron chi connectivity index (χ0n) is 15.7. The number of rotatable bonds is 6. The number of amides is 1. The highest BCUT2D eigenvalue weighted by molar-refractivity contribution is 5.95. The average Bonchev–Trinajstić information content (AvgIpc) is 2.59. The van der Waals surface area contributed by atoms with Gasteiger partial charge in [-0.15, -0.1) is 0 Å². The Morgan fingerprint density at radius 3 is 2.23 bits per heavy atom. The van der Waals surface area contributed by atoms with Crippen LogP contribution in [0.15, 0.2) is 48.5 Å². The first-order chi connectivity index (χ1) is 12.2. The van der Waals surface area contributed by atoms with Crippen molar-refractivity contribution >= 4 is 11.9 Å². The standard InChI is InChI=1S/C21H25NO4/c1-21(2,3)18-8-6-5-7-17(18)20(25)22(4)13-15-9-11-16(12-10-15)26-14-19(23)24/h5-12H,13-14H2,1-4H3,(H,23,24). The van der Waals surface area contributed by atoms with Crippen LogP contribution in [-0.2, 0) is 16.8 Å². The van der Waals surface area contributed by atoms with Gasteiger partial charge >= 0.3 is 5.97 Å². The molecule has 0 fully saturated rings. The van der Waals surface area contributed by atoms with E-state index in [4.69, 9.17) is 9.84 Å². The second kappa shape index (κ2) is 8.04. The van der Waals surface area contributed by atoms with E-state index in [1.165, 1.54) is 0 Å². The molecule has 0 unspecified atom stereocenters. The topological polar surface area (TPSA) is 66.8 Å². The predicted octanol–water partition coefficient (Wildman–Crippen LogP) is 3.72. The van der Waals surface area contributed by atoms with Gasteiger partial charge < -0.3 is 14.7 Å². The van der Waals surface area contributed by atoms with Gasteiger partial charge in [0.1, 0.15) is 5.75 Å². The predicted molar refractivity (Wildman–Crippen MR) is 101 cm³/mol. The molecule has 0 spiro atoms. The molecule has 0 aliphatic rings. The Bertz CT molecular complexity index is 775. The van der Waals surface area contributed by atoms with Gasteiger partial charge in [0, 0.05) is 19.2 Å². The molecule has 2 rings (SSSR count). The van der Waals surface area contributed by atoms with Crippen LogP contribution in [0, 0.1) is 0 Å². The molecule has 0 atom stereocenters. The van der Waals surface area contributed by atoms with Crippen molar-refractivity contribution < 1.29 is 19.4 Å². The monoisotopic (exact) mass is 355 g/mol. The van der Waals surface area contributed by atoms with Crippen molar-refractivity contribution in [1.29, 1.82) is 0 Å². The summed E-state index contributed by atoms with van der Waals surface area (Å²) in [6.45, 7) is 6.36. The molecule has 0 aliphatic carbocycles. The second-order valence-electron chi connectivity index (χ2n) is 7.28. The van der Waals surface area contributed by atoms with Crippen LogP contribution < -0.4 is 4.74 Å². The van der Waals surface area contributed by atoms with Crippen LogP contribution in [-0.4, -0.2) is 35.5 Å². The van der Waals surface area contributed by atoms with Crippen molar-refractivity contribution in [3.05, 3.63) is 65.2 Å². The van der Waals surface area contributed by atoms with E-state index in [1.807, 2.05) is 36.4 Å². The summed E-state index contributed by atoms with van der Waals surface area (Å²) in [5.41, 5.74) is 2.56. The molecule has 2 aromatic carbocycles. The molecule has 5 nitrogen and oxygen atoms in total. The minimum Gasteiger partial charge on any atom is -0.482 e. The maximum Gasteiger partial charge on any atom is 0.341 e. The zero-order valence-corrected chi connectivity index (χ0v) is 15.7. The highest BCUT2D eigenvalue weighted by Gasteiger charge is 2.23. The Labute approximate surface area is 154 Å². The van der Waals surface area contributed by atoms with Crippen LogP contribution >= 0.6 is 0 Å². The van der Waals surface area contributed by atoms with E-state index >= 15 is 0 Å². The minimum atomic E-state index is -1.02. The molecule has 5 heteroatoms. The van der Waals surface area contributed by atoms with Crippen molar-refractivity contribution in [3.63, 3.8) is 0 Å². The summed E-state index contributed by atoms with van der Waals surface area (Å²) in [5, 5.41) is 8.63. The van der Waals surface area contributed by atoms with Crippen LogP contribution in [0.1, 0.15) is 42.3 Å². The molecule has 0 saturated heterocycles. The van der Waals surface area contributed by atoms with Gasteiger partial charge in [-0.05, 0) is 34.7 Å². The number of ether oxygens (including phenoxy) is 1. The molecule has 26 heavy (non-hydrogen) atoms. The van der Waals surface area contributed by atoms with Gasteiger partial charge in [-0.3, -0.25) is 4.79 Å². The number of carboxylic acids is 1. The quantitative estimate of drug-likeness (QED) is 0.857. The molecule has 2 aromatic rings. The van der Waals surface area contributed by atoms with E-state index in [0.29, 0.717) is 17.9 Å². The number of hydrogen-bond acceptors (Lipinski definition) is 3. The molecule has 0 heterocycles. The first-order valence-corrected chi connectivity index (χ1v) is 8.47. The van der Waals surface area contributed by atoms with E-state index in [0.717, 1.165) is 11.1 Å². The van der Waals surface area contributed by atoms with Crippen LogP contribution in [0.2, 0.25) is 0 Å². The Hall–Kier alpha value is -2.82. The summed E-state index contributed by atoms with van der Waals surface area (Å²) in [6.07, 6.45) is 0. The Balaban J connectivity index is 2.09. The number of carbonyl (C=O) groups excluding carboxylic acids is 1. The van der Waals surface area contributed by atoms with Crippen molar-refractivity contribution in [3.8, 4) is 5.75 Å². The first kappa shape index (κ1) is 19.5. The third-order valence-corrected chi connectivity index (χ3v) is 4.02. The largest absolute Gasteiger partial charge is 0.482 e. The lowest BCUT2D eigenvalue weighted by Gasteiger charge is -2.25. The lowest BCUT2D eigenvalue weighted by Crippen LogP contribution is -2.29. The van der Waals surface area contributed by atoms with Crippen LogP contribution in [0.3, 0.4) is 0 Å². The number of aliphatic carboxylic acids is 1. The molecule has 0 aliphatic heterocycles. The number of hydrogen-bond donors (Lipinski definition) is 1. The Morgan fingerprint density at radius 1 is 1.04 bits per heavy atom. The van der Waals surface area contributed by atoms with E-state index < -0.39 is 5.97 Å². The minimum absolute atomic E-state index is 0.0262. The summed E-state index contributed by atoms with van der Waals surface area (Å²) in [5.74, 6) is -0.554. The fraction of sp³-hybridized carbons (Fsp3) is 0.333. The Kier molecular flexibility index (Phi) is 6.03. The molecule has 0 radical (unpaired) electrons. The Morgan fingerprint density at radius 2 is 1.65 bits per heavy atom. The van der Waals surface area contributed by atoms with Gasteiger partial charge in [-0.25, -0.2) is 4.79 Å². The van der Waals surface area contributed by atoms with Crippen molar-refractivity contribution in [2.45, 2.75) is 32.7 Å². The summed E-state index contributed by atoms with van der Waals surface area (Å²) in [7, 11) is 1.77. The fourth-order valence-corrected chi connectivity index (χ4v) is 2.71. The van der Waals surface area contributed by atoms with Crippen molar-refractivity contribution in [2.24, 2.45) is 0 Å². The number of nitrogens with zero attached hydrogens (tertiary/aromatic N) is 1. The lowest BCUT2D eigenvalue weighted by molar-refractivity contribution is -0.139. The van der Waals surface area contributed by atoms with Gasteiger partial charge in [0.2, 0.25) is 0 Å².